The summed E-state index contributed by atoms with van der Waals surface area (Å²) in [5.41, 5.74) is 2.49. The summed E-state index contributed by atoms with van der Waals surface area (Å²) < 4.78 is 79.3. The van der Waals surface area contributed by atoms with Crippen LogP contribution >= 0.6 is 22.7 Å². The van der Waals surface area contributed by atoms with Gasteiger partial charge < -0.3 is 0 Å². The maximum absolute atomic E-state index is 13.2. The maximum Gasteiger partial charge on any atom is 0.416 e. The van der Waals surface area contributed by atoms with Gasteiger partial charge in [0.2, 0.25) is 0 Å². The van der Waals surface area contributed by atoms with Gasteiger partial charge in [0, 0.05) is 22.3 Å². The molecule has 0 aliphatic heterocycles. The van der Waals surface area contributed by atoms with Gasteiger partial charge in [-0.1, -0.05) is 83.3 Å². The van der Waals surface area contributed by atoms with Gasteiger partial charge in [-0.2, -0.15) is 26.3 Å². The molecule has 7 aromatic rings. The van der Waals surface area contributed by atoms with Crippen molar-refractivity contribution in [3.8, 4) is 65.1 Å². The molecule has 0 unspecified atom stereocenters. The molecule has 0 bridgehead atoms. The van der Waals surface area contributed by atoms with Crippen LogP contribution in [0.15, 0.2) is 109 Å². The second kappa shape index (κ2) is 12.4. The quantitative estimate of drug-likeness (QED) is 0.162. The average molecular weight is 689 g/mol. The Bertz CT molecular complexity index is 2080. The van der Waals surface area contributed by atoms with Crippen molar-refractivity contribution in [2.45, 2.75) is 12.4 Å². The fraction of sp³-hybridized carbons (Fsp3) is 0.0588. The van der Waals surface area contributed by atoms with Crippen LogP contribution in [0.25, 0.3) is 65.1 Å². The number of hydrogen-bond acceptors (Lipinski definition) is 8. The zero-order chi connectivity index (χ0) is 33.5. The fourth-order valence-electron chi connectivity index (χ4n) is 4.78. The van der Waals surface area contributed by atoms with E-state index < -0.39 is 23.5 Å². The topological polar surface area (TPSA) is 77.3 Å². The summed E-state index contributed by atoms with van der Waals surface area (Å²) in [5.74, 6) is 0. The van der Waals surface area contributed by atoms with E-state index in [9.17, 15) is 26.3 Å². The molecule has 4 heterocycles. The molecule has 0 amide bonds. The minimum Gasteiger partial charge on any atom is -0.245 e. The smallest absolute Gasteiger partial charge is 0.245 e. The van der Waals surface area contributed by atoms with Crippen LogP contribution in [0.3, 0.4) is 0 Å². The zero-order valence-corrected chi connectivity index (χ0v) is 25.8. The average Bonchev–Trinajstić information content (AvgIpc) is 3.80. The van der Waals surface area contributed by atoms with Crippen molar-refractivity contribution in [3.05, 3.63) is 120 Å². The van der Waals surface area contributed by atoms with Crippen molar-refractivity contribution in [1.82, 2.24) is 30.4 Å². The first kappa shape index (κ1) is 31.3. The monoisotopic (exact) mass is 688 g/mol. The SMILES string of the molecule is FC(F)(F)c1cccc(-c2cccc(-c3nnc(-c4ccc(-c5nnc(-c6cccc(-c7cccc(C(F)(F)F)c7)n6)s5)cc4)s3)n2)c1. The lowest BCUT2D eigenvalue weighted by molar-refractivity contribution is -0.138. The van der Waals surface area contributed by atoms with Gasteiger partial charge in [-0.25, -0.2) is 9.97 Å². The third-order valence-corrected chi connectivity index (χ3v) is 9.13. The number of pyridine rings is 2. The Balaban J connectivity index is 1.09. The second-order valence-corrected chi connectivity index (χ2v) is 12.3. The zero-order valence-electron chi connectivity index (χ0n) is 24.2. The molecule has 0 aliphatic carbocycles. The number of nitrogens with zero attached hydrogens (tertiary/aromatic N) is 6. The number of alkyl halides is 6. The molecule has 0 fully saturated rings. The molecule has 0 N–H and O–H groups in total. The molecule has 238 valence electrons. The van der Waals surface area contributed by atoms with Gasteiger partial charge in [0.05, 0.1) is 22.5 Å². The van der Waals surface area contributed by atoms with Crippen molar-refractivity contribution < 1.29 is 26.3 Å². The maximum atomic E-state index is 13.2. The van der Waals surface area contributed by atoms with Crippen LogP contribution in [0.5, 0.6) is 0 Å². The summed E-state index contributed by atoms with van der Waals surface area (Å²) in [6.07, 6.45) is -8.92. The molecule has 48 heavy (non-hydrogen) atoms. The van der Waals surface area contributed by atoms with Crippen LogP contribution < -0.4 is 0 Å². The summed E-state index contributed by atoms with van der Waals surface area (Å²) in [6.45, 7) is 0. The van der Waals surface area contributed by atoms with E-state index in [1.165, 1.54) is 34.8 Å². The molecule has 3 aromatic carbocycles. The minimum absolute atomic E-state index is 0.339. The number of halogens is 6. The third kappa shape index (κ3) is 6.57. The molecular formula is C34H18F6N6S2. The molecule has 0 aliphatic rings. The van der Waals surface area contributed by atoms with E-state index in [0.717, 1.165) is 35.4 Å². The fourth-order valence-corrected chi connectivity index (χ4v) is 6.42. The first-order chi connectivity index (χ1) is 23.0. The largest absolute Gasteiger partial charge is 0.416 e. The van der Waals surface area contributed by atoms with E-state index in [0.29, 0.717) is 53.9 Å². The minimum atomic E-state index is -4.46. The number of rotatable bonds is 6. The van der Waals surface area contributed by atoms with Gasteiger partial charge in [0.1, 0.15) is 21.4 Å². The van der Waals surface area contributed by atoms with Gasteiger partial charge in [-0.3, -0.25) is 0 Å². The van der Waals surface area contributed by atoms with Crippen LogP contribution in [0.4, 0.5) is 26.3 Å². The lowest BCUT2D eigenvalue weighted by Crippen LogP contribution is -2.04. The summed E-state index contributed by atoms with van der Waals surface area (Å²) in [6, 6.07) is 27.6. The molecular weight excluding hydrogens is 671 g/mol. The summed E-state index contributed by atoms with van der Waals surface area (Å²) >= 11 is 2.59. The molecule has 0 atom stereocenters. The van der Waals surface area contributed by atoms with Crippen molar-refractivity contribution in [2.24, 2.45) is 0 Å². The van der Waals surface area contributed by atoms with Crippen LogP contribution in [-0.2, 0) is 12.4 Å². The Hall–Kier alpha value is -5.34. The Kier molecular flexibility index (Phi) is 8.05. The van der Waals surface area contributed by atoms with E-state index in [1.807, 2.05) is 24.3 Å². The summed E-state index contributed by atoms with van der Waals surface area (Å²) in [4.78, 5) is 9.07. The molecule has 0 saturated heterocycles. The highest BCUT2D eigenvalue weighted by Gasteiger charge is 2.31. The van der Waals surface area contributed by atoms with Gasteiger partial charge in [0.15, 0.2) is 10.0 Å². The summed E-state index contributed by atoms with van der Waals surface area (Å²) in [7, 11) is 0. The highest BCUT2D eigenvalue weighted by molar-refractivity contribution is 7.18. The molecule has 6 nitrogen and oxygen atoms in total. The highest BCUT2D eigenvalue weighted by atomic mass is 32.1. The molecule has 14 heteroatoms. The Morgan fingerprint density at radius 2 is 0.729 bits per heavy atom. The van der Waals surface area contributed by atoms with Gasteiger partial charge in [-0.15, -0.1) is 20.4 Å². The van der Waals surface area contributed by atoms with E-state index in [-0.39, 0.29) is 0 Å². The second-order valence-electron chi connectivity index (χ2n) is 10.4. The number of benzene rings is 3. The highest BCUT2D eigenvalue weighted by Crippen LogP contribution is 2.36. The molecule has 0 spiro atoms. The van der Waals surface area contributed by atoms with Crippen LogP contribution in [-0.4, -0.2) is 30.4 Å². The molecule has 0 radical (unpaired) electrons. The lowest BCUT2D eigenvalue weighted by Gasteiger charge is -2.08. The van der Waals surface area contributed by atoms with Crippen LogP contribution in [0.1, 0.15) is 11.1 Å². The van der Waals surface area contributed by atoms with Gasteiger partial charge in [0.25, 0.3) is 0 Å². The van der Waals surface area contributed by atoms with E-state index in [4.69, 9.17) is 0 Å². The summed E-state index contributed by atoms with van der Waals surface area (Å²) in [5, 5.41) is 19.4. The van der Waals surface area contributed by atoms with E-state index >= 15 is 0 Å². The van der Waals surface area contributed by atoms with Crippen molar-refractivity contribution in [2.75, 3.05) is 0 Å². The number of aromatic nitrogens is 6. The molecule has 0 saturated carbocycles. The van der Waals surface area contributed by atoms with Gasteiger partial charge in [-0.05, 0) is 48.5 Å². The normalized spacial score (nSPS) is 12.0. The first-order valence-corrected chi connectivity index (χ1v) is 15.7. The Morgan fingerprint density at radius 1 is 0.375 bits per heavy atom. The molecule has 7 rings (SSSR count). The van der Waals surface area contributed by atoms with E-state index in [2.05, 4.69) is 30.4 Å². The lowest BCUT2D eigenvalue weighted by atomic mass is 10.1. The predicted octanol–water partition coefficient (Wildman–Crippen LogP) is 10.2. The molecule has 4 aromatic heterocycles. The van der Waals surface area contributed by atoms with Crippen molar-refractivity contribution in [1.29, 1.82) is 0 Å². The third-order valence-electron chi connectivity index (χ3n) is 7.14. The van der Waals surface area contributed by atoms with Crippen molar-refractivity contribution >= 4 is 22.7 Å². The first-order valence-electron chi connectivity index (χ1n) is 14.1. The Morgan fingerprint density at radius 3 is 1.12 bits per heavy atom. The number of hydrogen-bond donors (Lipinski definition) is 0. The van der Waals surface area contributed by atoms with Crippen LogP contribution in [0.2, 0.25) is 0 Å². The predicted molar refractivity (Wildman–Crippen MR) is 172 cm³/mol. The van der Waals surface area contributed by atoms with Crippen LogP contribution in [0, 0.1) is 0 Å². The Labute approximate surface area is 276 Å². The van der Waals surface area contributed by atoms with Gasteiger partial charge >= 0.3 is 12.4 Å². The standard InChI is InChI=1S/C34H18F6N6S2/c35-33(36,37)23-7-1-5-21(17-23)25-9-3-11-27(41-25)31-45-43-29(47-31)19-13-15-20(16-14-19)30-44-46-32(48-30)28-12-4-10-26(42-28)22-6-2-8-24(18-22)34(38,39)40/h1-18H. The van der Waals surface area contributed by atoms with E-state index in [1.54, 1.807) is 48.5 Å². The van der Waals surface area contributed by atoms with Crippen molar-refractivity contribution in [3.63, 3.8) is 0 Å².